The number of benzene rings is 1. The summed E-state index contributed by atoms with van der Waals surface area (Å²) in [6, 6.07) is 6.04. The predicted octanol–water partition coefficient (Wildman–Crippen LogP) is 3.98. The van der Waals surface area contributed by atoms with Gasteiger partial charge in [0.25, 0.3) is 0 Å². The van der Waals surface area contributed by atoms with Crippen molar-refractivity contribution in [3.05, 3.63) is 39.8 Å². The third-order valence-electron chi connectivity index (χ3n) is 2.84. The van der Waals surface area contributed by atoms with Gasteiger partial charge in [0.2, 0.25) is 5.91 Å². The highest BCUT2D eigenvalue weighted by atomic mass is 35.5. The van der Waals surface area contributed by atoms with Crippen LogP contribution in [0.25, 0.3) is 10.2 Å². The van der Waals surface area contributed by atoms with Crippen molar-refractivity contribution in [1.82, 2.24) is 9.97 Å². The molecule has 0 saturated carbocycles. The standard InChI is InChI=1S/C14H12ClN3OS2/c1-8-2-3-10-11(4-8)21-14(17-10)18-12(19)5-13-16-9(6-15)7-20-13/h2-4,7H,5-6H2,1H3,(H,17,18,19). The molecule has 1 aromatic carbocycles. The molecule has 0 radical (unpaired) electrons. The summed E-state index contributed by atoms with van der Waals surface area (Å²) >= 11 is 8.63. The lowest BCUT2D eigenvalue weighted by atomic mass is 10.2. The molecular formula is C14H12ClN3OS2. The Morgan fingerprint density at radius 2 is 2.24 bits per heavy atom. The third kappa shape index (κ3) is 3.40. The van der Waals surface area contributed by atoms with Crippen molar-refractivity contribution in [2.45, 2.75) is 19.2 Å². The number of hydrogen-bond donors (Lipinski definition) is 1. The minimum Gasteiger partial charge on any atom is -0.302 e. The maximum atomic E-state index is 12.0. The Balaban J connectivity index is 1.70. The Morgan fingerprint density at radius 1 is 1.38 bits per heavy atom. The Hall–Kier alpha value is -1.50. The van der Waals surface area contributed by atoms with Gasteiger partial charge in [-0.2, -0.15) is 0 Å². The predicted molar refractivity (Wildman–Crippen MR) is 88.4 cm³/mol. The van der Waals surface area contributed by atoms with E-state index in [2.05, 4.69) is 21.4 Å². The average Bonchev–Trinajstić information content (AvgIpc) is 3.04. The molecule has 0 aliphatic rings. The number of fused-ring (bicyclic) bond motifs is 1. The lowest BCUT2D eigenvalue weighted by Gasteiger charge is -1.98. The maximum Gasteiger partial charge on any atom is 0.233 e. The van der Waals surface area contributed by atoms with Gasteiger partial charge in [-0.05, 0) is 24.6 Å². The van der Waals surface area contributed by atoms with Crippen molar-refractivity contribution in [2.75, 3.05) is 5.32 Å². The fourth-order valence-electron chi connectivity index (χ4n) is 1.88. The van der Waals surface area contributed by atoms with Crippen LogP contribution in [-0.4, -0.2) is 15.9 Å². The van der Waals surface area contributed by atoms with Gasteiger partial charge in [-0.15, -0.1) is 22.9 Å². The van der Waals surface area contributed by atoms with Crippen LogP contribution in [0.1, 0.15) is 16.3 Å². The molecule has 1 N–H and O–H groups in total. The van der Waals surface area contributed by atoms with Crippen LogP contribution < -0.4 is 5.32 Å². The number of aryl methyl sites for hydroxylation is 1. The number of carbonyl (C=O) groups excluding carboxylic acids is 1. The van der Waals surface area contributed by atoms with Gasteiger partial charge >= 0.3 is 0 Å². The van der Waals surface area contributed by atoms with Crippen molar-refractivity contribution in [2.24, 2.45) is 0 Å². The van der Waals surface area contributed by atoms with Crippen LogP contribution in [0, 0.1) is 6.92 Å². The number of aromatic nitrogens is 2. The first-order valence-corrected chi connectivity index (χ1v) is 8.53. The monoisotopic (exact) mass is 337 g/mol. The molecule has 2 aromatic heterocycles. The number of carbonyl (C=O) groups is 1. The Bertz CT molecular complexity index is 796. The van der Waals surface area contributed by atoms with E-state index in [1.807, 2.05) is 24.4 Å². The molecule has 0 bridgehead atoms. The zero-order valence-corrected chi connectivity index (χ0v) is 13.6. The molecule has 0 atom stereocenters. The van der Waals surface area contributed by atoms with Crippen molar-refractivity contribution in [1.29, 1.82) is 0 Å². The van der Waals surface area contributed by atoms with Gasteiger partial charge in [-0.25, -0.2) is 9.97 Å². The summed E-state index contributed by atoms with van der Waals surface area (Å²) in [5.41, 5.74) is 2.89. The molecule has 7 heteroatoms. The molecule has 2 heterocycles. The quantitative estimate of drug-likeness (QED) is 0.732. The highest BCUT2D eigenvalue weighted by molar-refractivity contribution is 7.22. The molecule has 3 aromatic rings. The van der Waals surface area contributed by atoms with Crippen molar-refractivity contribution >= 4 is 55.5 Å². The first kappa shape index (κ1) is 14.4. The SMILES string of the molecule is Cc1ccc2nc(NC(=O)Cc3nc(CCl)cs3)sc2c1. The molecule has 0 saturated heterocycles. The maximum absolute atomic E-state index is 12.0. The average molecular weight is 338 g/mol. The summed E-state index contributed by atoms with van der Waals surface area (Å²) in [4.78, 5) is 20.7. The van der Waals surface area contributed by atoms with Crippen LogP contribution in [0.5, 0.6) is 0 Å². The minimum atomic E-state index is -0.110. The van der Waals surface area contributed by atoms with Crippen LogP contribution >= 0.6 is 34.3 Å². The molecule has 0 fully saturated rings. The van der Waals surface area contributed by atoms with E-state index < -0.39 is 0 Å². The van der Waals surface area contributed by atoms with Gasteiger partial charge in [-0.1, -0.05) is 17.4 Å². The number of nitrogens with one attached hydrogen (secondary N) is 1. The molecule has 0 aliphatic carbocycles. The highest BCUT2D eigenvalue weighted by Gasteiger charge is 2.11. The van der Waals surface area contributed by atoms with E-state index in [-0.39, 0.29) is 12.3 Å². The van der Waals surface area contributed by atoms with Crippen LogP contribution in [0.4, 0.5) is 5.13 Å². The molecular weight excluding hydrogens is 326 g/mol. The van der Waals surface area contributed by atoms with Gasteiger partial charge in [-0.3, -0.25) is 4.79 Å². The summed E-state index contributed by atoms with van der Waals surface area (Å²) in [5.74, 6) is 0.260. The van der Waals surface area contributed by atoms with E-state index in [0.717, 1.165) is 20.9 Å². The lowest BCUT2D eigenvalue weighted by molar-refractivity contribution is -0.115. The smallest absolute Gasteiger partial charge is 0.233 e. The first-order valence-electron chi connectivity index (χ1n) is 6.30. The number of halogens is 1. The zero-order valence-electron chi connectivity index (χ0n) is 11.2. The molecule has 0 spiro atoms. The fourth-order valence-corrected chi connectivity index (χ4v) is 3.88. The van der Waals surface area contributed by atoms with Crippen LogP contribution in [0.3, 0.4) is 0 Å². The Kier molecular flexibility index (Phi) is 4.19. The number of thiazole rings is 2. The van der Waals surface area contributed by atoms with Crippen molar-refractivity contribution < 1.29 is 4.79 Å². The number of alkyl halides is 1. The fraction of sp³-hybridized carbons (Fsp3) is 0.214. The molecule has 3 rings (SSSR count). The van der Waals surface area contributed by atoms with Gasteiger partial charge in [0.15, 0.2) is 5.13 Å². The van der Waals surface area contributed by atoms with Crippen molar-refractivity contribution in [3.63, 3.8) is 0 Å². The van der Waals surface area contributed by atoms with Crippen LogP contribution in [-0.2, 0) is 17.1 Å². The number of hydrogen-bond acceptors (Lipinski definition) is 5. The first-order chi connectivity index (χ1) is 10.1. The molecule has 4 nitrogen and oxygen atoms in total. The second-order valence-electron chi connectivity index (χ2n) is 4.58. The van der Waals surface area contributed by atoms with Crippen LogP contribution in [0.2, 0.25) is 0 Å². The third-order valence-corrected chi connectivity index (χ3v) is 4.94. The summed E-state index contributed by atoms with van der Waals surface area (Å²) in [5, 5.41) is 6.08. The summed E-state index contributed by atoms with van der Waals surface area (Å²) in [6.07, 6.45) is 0.247. The number of nitrogens with zero attached hydrogens (tertiary/aromatic N) is 2. The largest absolute Gasteiger partial charge is 0.302 e. The van der Waals surface area contributed by atoms with Gasteiger partial charge in [0, 0.05) is 5.38 Å². The highest BCUT2D eigenvalue weighted by Crippen LogP contribution is 2.26. The molecule has 1 amide bonds. The second kappa shape index (κ2) is 6.09. The Labute approximate surface area is 134 Å². The van der Waals surface area contributed by atoms with E-state index in [1.165, 1.54) is 28.2 Å². The Morgan fingerprint density at radius 3 is 3.00 bits per heavy atom. The molecule has 108 valence electrons. The minimum absolute atomic E-state index is 0.110. The normalized spacial score (nSPS) is 11.0. The van der Waals surface area contributed by atoms with E-state index in [0.29, 0.717) is 11.0 Å². The van der Waals surface area contributed by atoms with E-state index in [4.69, 9.17) is 11.6 Å². The number of anilines is 1. The summed E-state index contributed by atoms with van der Waals surface area (Å²) < 4.78 is 1.07. The van der Waals surface area contributed by atoms with Crippen molar-refractivity contribution in [3.8, 4) is 0 Å². The second-order valence-corrected chi connectivity index (χ2v) is 6.82. The van der Waals surface area contributed by atoms with Gasteiger partial charge in [0.1, 0.15) is 5.01 Å². The van der Waals surface area contributed by atoms with E-state index >= 15 is 0 Å². The van der Waals surface area contributed by atoms with E-state index in [1.54, 1.807) is 0 Å². The van der Waals surface area contributed by atoms with E-state index in [9.17, 15) is 4.79 Å². The topological polar surface area (TPSA) is 54.9 Å². The number of amides is 1. The molecule has 0 unspecified atom stereocenters. The zero-order chi connectivity index (χ0) is 14.8. The van der Waals surface area contributed by atoms with Gasteiger partial charge < -0.3 is 5.32 Å². The molecule has 21 heavy (non-hydrogen) atoms. The number of rotatable bonds is 4. The molecule has 0 aliphatic heterocycles. The lowest BCUT2D eigenvalue weighted by Crippen LogP contribution is -2.14. The van der Waals surface area contributed by atoms with Gasteiger partial charge in [0.05, 0.1) is 28.2 Å². The summed E-state index contributed by atoms with van der Waals surface area (Å²) in [6.45, 7) is 2.04. The van der Waals surface area contributed by atoms with Crippen LogP contribution in [0.15, 0.2) is 23.6 Å². The summed E-state index contributed by atoms with van der Waals surface area (Å²) in [7, 11) is 0.